The van der Waals surface area contributed by atoms with Gasteiger partial charge in [0.15, 0.2) is 5.82 Å². The third-order valence-electron chi connectivity index (χ3n) is 4.28. The van der Waals surface area contributed by atoms with Gasteiger partial charge in [-0.2, -0.15) is 0 Å². The highest BCUT2D eigenvalue weighted by Crippen LogP contribution is 2.33. The molecule has 1 aromatic heterocycles. The quantitative estimate of drug-likeness (QED) is 0.586. The normalized spacial score (nSPS) is 14.7. The fraction of sp³-hybridized carbons (Fsp3) is 0.190. The van der Waals surface area contributed by atoms with Crippen molar-refractivity contribution in [2.24, 2.45) is 4.99 Å². The maximum atomic E-state index is 10.7. The number of carboxylic acid groups (broad SMARTS) is 1. The SMILES string of the molecule is CC(=O)O.CSc1ccc2c(c1)C(c1ccccc1Cl)=NC(O)c1ncc(C)n1-2. The number of carbonyl (C=O) groups is 1. The fourth-order valence-corrected chi connectivity index (χ4v) is 3.76. The molecule has 1 aliphatic heterocycles. The molecular formula is C21H20ClN3O3S. The molecule has 29 heavy (non-hydrogen) atoms. The molecule has 150 valence electrons. The van der Waals surface area contributed by atoms with Gasteiger partial charge in [-0.3, -0.25) is 9.36 Å². The Morgan fingerprint density at radius 1 is 1.21 bits per heavy atom. The molecule has 0 radical (unpaired) electrons. The number of nitrogens with zero attached hydrogens (tertiary/aromatic N) is 3. The van der Waals surface area contributed by atoms with Crippen LogP contribution in [0.25, 0.3) is 5.69 Å². The molecule has 8 heteroatoms. The Bertz CT molecular complexity index is 1090. The first kappa shape index (κ1) is 21.1. The predicted molar refractivity (Wildman–Crippen MR) is 115 cm³/mol. The number of thioether (sulfide) groups is 1. The van der Waals surface area contributed by atoms with Crippen LogP contribution in [0.1, 0.15) is 35.8 Å². The standard InChI is InChI=1S/C19H16ClN3OS.C2H4O2/c1-11-10-21-18-19(24)22-17(13-5-3-4-6-15(13)20)14-9-12(25-2)7-8-16(14)23(11)18;1-2(3)4/h3-10,19,24H,1-2H3;1H3,(H,3,4). The number of fused-ring (bicyclic) bond motifs is 3. The molecule has 3 aromatic rings. The first-order valence-corrected chi connectivity index (χ1v) is 10.4. The van der Waals surface area contributed by atoms with E-state index < -0.39 is 12.2 Å². The molecule has 1 atom stereocenters. The van der Waals surface area contributed by atoms with Gasteiger partial charge in [0.05, 0.1) is 11.4 Å². The lowest BCUT2D eigenvalue weighted by molar-refractivity contribution is -0.134. The summed E-state index contributed by atoms with van der Waals surface area (Å²) in [6.45, 7) is 3.05. The summed E-state index contributed by atoms with van der Waals surface area (Å²) in [5.41, 5.74) is 4.29. The summed E-state index contributed by atoms with van der Waals surface area (Å²) in [7, 11) is 0. The first-order chi connectivity index (χ1) is 13.8. The average molecular weight is 430 g/mol. The van der Waals surface area contributed by atoms with E-state index in [1.54, 1.807) is 18.0 Å². The maximum absolute atomic E-state index is 10.7. The van der Waals surface area contributed by atoms with Crippen LogP contribution in [0, 0.1) is 6.92 Å². The van der Waals surface area contributed by atoms with Crippen LogP contribution in [0.3, 0.4) is 0 Å². The number of imidazole rings is 1. The average Bonchev–Trinajstić information content (AvgIpc) is 3.01. The van der Waals surface area contributed by atoms with Gasteiger partial charge in [-0.1, -0.05) is 29.8 Å². The minimum absolute atomic E-state index is 0.512. The number of aliphatic hydroxyl groups is 1. The van der Waals surface area contributed by atoms with Crippen molar-refractivity contribution < 1.29 is 15.0 Å². The number of aliphatic carboxylic acids is 1. The largest absolute Gasteiger partial charge is 0.481 e. The summed E-state index contributed by atoms with van der Waals surface area (Å²) < 4.78 is 1.96. The highest BCUT2D eigenvalue weighted by Gasteiger charge is 2.26. The topological polar surface area (TPSA) is 87.7 Å². The molecule has 0 saturated heterocycles. The summed E-state index contributed by atoms with van der Waals surface area (Å²) in [6.07, 6.45) is 2.74. The van der Waals surface area contributed by atoms with Crippen molar-refractivity contribution in [3.05, 3.63) is 76.3 Å². The van der Waals surface area contributed by atoms with Crippen LogP contribution < -0.4 is 0 Å². The van der Waals surface area contributed by atoms with Crippen LogP contribution in [0.2, 0.25) is 5.02 Å². The van der Waals surface area contributed by atoms with Crippen LogP contribution in [-0.4, -0.2) is 37.7 Å². The van der Waals surface area contributed by atoms with Crippen LogP contribution in [0.15, 0.2) is 58.5 Å². The Morgan fingerprint density at radius 2 is 1.90 bits per heavy atom. The second-order valence-corrected chi connectivity index (χ2v) is 7.61. The minimum atomic E-state index is -1.05. The summed E-state index contributed by atoms with van der Waals surface area (Å²) in [6, 6.07) is 13.8. The van der Waals surface area contributed by atoms with Gasteiger partial charge in [0.2, 0.25) is 6.23 Å². The van der Waals surface area contributed by atoms with Gasteiger partial charge in [-0.15, -0.1) is 11.8 Å². The number of hydrogen-bond donors (Lipinski definition) is 2. The summed E-state index contributed by atoms with van der Waals surface area (Å²) >= 11 is 8.09. The van der Waals surface area contributed by atoms with Crippen molar-refractivity contribution in [2.75, 3.05) is 6.26 Å². The highest BCUT2D eigenvalue weighted by molar-refractivity contribution is 7.98. The monoisotopic (exact) mass is 429 g/mol. The van der Waals surface area contributed by atoms with Crippen LogP contribution >= 0.6 is 23.4 Å². The van der Waals surface area contributed by atoms with Gasteiger partial charge in [0.25, 0.3) is 5.97 Å². The molecule has 2 aromatic carbocycles. The van der Waals surface area contributed by atoms with Crippen molar-refractivity contribution in [1.82, 2.24) is 9.55 Å². The number of carboxylic acids is 1. The summed E-state index contributed by atoms with van der Waals surface area (Å²) in [5.74, 6) is -0.322. The Kier molecular flexibility index (Phi) is 6.42. The Balaban J connectivity index is 0.000000552. The van der Waals surface area contributed by atoms with Gasteiger partial charge in [0, 0.05) is 39.9 Å². The van der Waals surface area contributed by atoms with Gasteiger partial charge in [0.1, 0.15) is 0 Å². The number of aliphatic imine (C=N–C) groups is 1. The highest BCUT2D eigenvalue weighted by atomic mass is 35.5. The predicted octanol–water partition coefficient (Wildman–Crippen LogP) is 4.49. The molecule has 2 N–H and O–H groups in total. The van der Waals surface area contributed by atoms with E-state index in [1.165, 1.54) is 0 Å². The Labute approximate surface area is 177 Å². The first-order valence-electron chi connectivity index (χ1n) is 8.76. The molecule has 1 unspecified atom stereocenters. The lowest BCUT2D eigenvalue weighted by Gasteiger charge is -2.15. The van der Waals surface area contributed by atoms with Crippen LogP contribution in [0.4, 0.5) is 0 Å². The van der Waals surface area contributed by atoms with E-state index in [9.17, 15) is 5.11 Å². The maximum Gasteiger partial charge on any atom is 0.300 e. The number of aliphatic hydroxyl groups excluding tert-OH is 1. The van der Waals surface area contributed by atoms with E-state index in [2.05, 4.69) is 22.1 Å². The molecule has 2 heterocycles. The second kappa shape index (κ2) is 8.82. The molecule has 0 amide bonds. The van der Waals surface area contributed by atoms with E-state index in [1.807, 2.05) is 48.1 Å². The summed E-state index contributed by atoms with van der Waals surface area (Å²) in [5, 5.41) is 18.7. The van der Waals surface area contributed by atoms with Gasteiger partial charge in [-0.25, -0.2) is 9.98 Å². The third kappa shape index (κ3) is 4.37. The molecule has 0 fully saturated rings. The minimum Gasteiger partial charge on any atom is -0.481 e. The van der Waals surface area contributed by atoms with Crippen molar-refractivity contribution in [1.29, 1.82) is 0 Å². The molecule has 0 saturated carbocycles. The number of benzene rings is 2. The van der Waals surface area contributed by atoms with E-state index in [4.69, 9.17) is 21.5 Å². The lowest BCUT2D eigenvalue weighted by Crippen LogP contribution is -2.08. The van der Waals surface area contributed by atoms with Gasteiger partial charge >= 0.3 is 0 Å². The molecule has 0 bridgehead atoms. The van der Waals surface area contributed by atoms with Gasteiger partial charge < -0.3 is 10.2 Å². The smallest absolute Gasteiger partial charge is 0.300 e. The number of aryl methyl sites for hydroxylation is 1. The lowest BCUT2D eigenvalue weighted by atomic mass is 10.0. The van der Waals surface area contributed by atoms with E-state index >= 15 is 0 Å². The molecule has 0 spiro atoms. The molecular weight excluding hydrogens is 410 g/mol. The Morgan fingerprint density at radius 3 is 2.55 bits per heavy atom. The number of hydrogen-bond acceptors (Lipinski definition) is 5. The van der Waals surface area contributed by atoms with E-state index in [-0.39, 0.29) is 0 Å². The van der Waals surface area contributed by atoms with Crippen molar-refractivity contribution in [3.8, 4) is 5.69 Å². The fourth-order valence-electron chi connectivity index (χ4n) is 3.10. The van der Waals surface area contributed by atoms with Gasteiger partial charge in [-0.05, 0) is 37.4 Å². The van der Waals surface area contributed by atoms with Crippen molar-refractivity contribution >= 4 is 35.0 Å². The molecule has 4 rings (SSSR count). The van der Waals surface area contributed by atoms with Crippen molar-refractivity contribution in [3.63, 3.8) is 0 Å². The number of rotatable bonds is 2. The zero-order valence-corrected chi connectivity index (χ0v) is 17.7. The number of halogens is 1. The molecule has 1 aliphatic rings. The summed E-state index contributed by atoms with van der Waals surface area (Å²) in [4.78, 5) is 19.1. The van der Waals surface area contributed by atoms with Crippen LogP contribution in [0.5, 0.6) is 0 Å². The zero-order chi connectivity index (χ0) is 21.1. The van der Waals surface area contributed by atoms with E-state index in [0.717, 1.165) is 34.3 Å². The molecule has 0 aliphatic carbocycles. The zero-order valence-electron chi connectivity index (χ0n) is 16.1. The second-order valence-electron chi connectivity index (χ2n) is 6.33. The van der Waals surface area contributed by atoms with E-state index in [0.29, 0.717) is 16.6 Å². The Hall–Kier alpha value is -2.61. The number of aromatic nitrogens is 2. The molecule has 6 nitrogen and oxygen atoms in total. The van der Waals surface area contributed by atoms with Crippen molar-refractivity contribution in [2.45, 2.75) is 25.0 Å². The van der Waals surface area contributed by atoms with Crippen LogP contribution in [-0.2, 0) is 4.79 Å². The third-order valence-corrected chi connectivity index (χ3v) is 5.33.